The van der Waals surface area contributed by atoms with Gasteiger partial charge in [-0.25, -0.2) is 13.4 Å². The summed E-state index contributed by atoms with van der Waals surface area (Å²) in [7, 11) is -3.47. The van der Waals surface area contributed by atoms with Crippen LogP contribution in [0.3, 0.4) is 0 Å². The summed E-state index contributed by atoms with van der Waals surface area (Å²) < 4.78 is 27.0. The van der Waals surface area contributed by atoms with Crippen molar-refractivity contribution in [3.63, 3.8) is 0 Å². The van der Waals surface area contributed by atoms with Gasteiger partial charge in [0.25, 0.3) is 15.9 Å². The molecule has 6 nitrogen and oxygen atoms in total. The molecule has 9 heteroatoms. The number of aryl methyl sites for hydroxylation is 3. The Hall–Kier alpha value is -1.81. The highest BCUT2D eigenvalue weighted by Crippen LogP contribution is 2.32. The molecule has 29 heavy (non-hydrogen) atoms. The van der Waals surface area contributed by atoms with Crippen LogP contribution in [0.2, 0.25) is 0 Å². The first-order valence-electron chi connectivity index (χ1n) is 9.43. The highest BCUT2D eigenvalue weighted by Gasteiger charge is 2.24. The Bertz CT molecular complexity index is 1160. The average Bonchev–Trinajstić information content (AvgIpc) is 3.26. The second-order valence-corrected chi connectivity index (χ2v) is 11.1. The molecule has 1 amide bonds. The molecular weight excluding hydrogens is 426 g/mol. The van der Waals surface area contributed by atoms with Crippen LogP contribution in [0, 0.1) is 20.8 Å². The monoisotopic (exact) mass is 451 g/mol. The quantitative estimate of drug-likeness (QED) is 0.583. The van der Waals surface area contributed by atoms with E-state index in [0.29, 0.717) is 22.2 Å². The van der Waals surface area contributed by atoms with E-state index in [4.69, 9.17) is 0 Å². The van der Waals surface area contributed by atoms with E-state index in [2.05, 4.69) is 10.3 Å². The lowest BCUT2D eigenvalue weighted by atomic mass is 10.1. The number of rotatable bonds is 7. The smallest absolute Gasteiger partial charge is 0.262 e. The molecular formula is C20H25N3O3S3. The van der Waals surface area contributed by atoms with Crippen LogP contribution in [-0.2, 0) is 16.6 Å². The maximum atomic E-state index is 12.8. The van der Waals surface area contributed by atoms with Crippen molar-refractivity contribution in [1.29, 1.82) is 0 Å². The van der Waals surface area contributed by atoms with E-state index in [1.807, 2.05) is 40.7 Å². The Labute approximate surface area is 179 Å². The van der Waals surface area contributed by atoms with E-state index in [1.165, 1.54) is 27.0 Å². The fourth-order valence-corrected chi connectivity index (χ4v) is 7.49. The number of carbonyl (C=O) groups is 1. The molecule has 3 rings (SSSR count). The number of fused-ring (bicyclic) bond motifs is 1. The van der Waals surface area contributed by atoms with Crippen LogP contribution in [0.5, 0.6) is 0 Å². The minimum atomic E-state index is -3.47. The minimum absolute atomic E-state index is 0.163. The summed E-state index contributed by atoms with van der Waals surface area (Å²) >= 11 is 2.59. The molecule has 0 atom stereocenters. The molecule has 0 aromatic carbocycles. The van der Waals surface area contributed by atoms with Crippen LogP contribution in [0.1, 0.15) is 45.2 Å². The molecule has 0 radical (unpaired) electrons. The standard InChI is InChI=1S/C20H25N3O3S3/c1-6-23(7-2)29(25,26)16-9-8-15(27-16)11-21-19(24)18-14(5)17-12(3)10-13(4)22-20(17)28-18/h8-10H,6-7,11H2,1-5H3,(H,21,24). The number of hydrogen-bond donors (Lipinski definition) is 1. The number of pyridine rings is 1. The molecule has 156 valence electrons. The third-order valence-electron chi connectivity index (χ3n) is 4.79. The predicted octanol–water partition coefficient (Wildman–Crippen LogP) is 4.24. The van der Waals surface area contributed by atoms with Gasteiger partial charge in [-0.15, -0.1) is 22.7 Å². The summed E-state index contributed by atoms with van der Waals surface area (Å²) in [5, 5.41) is 3.96. The molecule has 3 heterocycles. The molecule has 1 N–H and O–H groups in total. The zero-order chi connectivity index (χ0) is 21.3. The number of amides is 1. The van der Waals surface area contributed by atoms with E-state index in [1.54, 1.807) is 12.1 Å². The third-order valence-corrected chi connectivity index (χ3v) is 9.58. The lowest BCUT2D eigenvalue weighted by molar-refractivity contribution is 0.0955. The summed E-state index contributed by atoms with van der Waals surface area (Å²) in [6, 6.07) is 5.39. The molecule has 3 aromatic rings. The van der Waals surface area contributed by atoms with Crippen LogP contribution < -0.4 is 5.32 Å². The van der Waals surface area contributed by atoms with E-state index >= 15 is 0 Å². The first kappa shape index (κ1) is 21.9. The molecule has 0 bridgehead atoms. The van der Waals surface area contributed by atoms with E-state index in [-0.39, 0.29) is 12.5 Å². The summed E-state index contributed by atoms with van der Waals surface area (Å²) in [6.45, 7) is 10.7. The molecule has 0 fully saturated rings. The predicted molar refractivity (Wildman–Crippen MR) is 119 cm³/mol. The van der Waals surface area contributed by atoms with Crippen LogP contribution in [0.25, 0.3) is 10.2 Å². The van der Waals surface area contributed by atoms with Crippen molar-refractivity contribution in [2.45, 2.75) is 45.4 Å². The van der Waals surface area contributed by atoms with Crippen LogP contribution in [0.4, 0.5) is 0 Å². The fraction of sp³-hybridized carbons (Fsp3) is 0.400. The van der Waals surface area contributed by atoms with Crippen molar-refractivity contribution in [3.05, 3.63) is 44.8 Å². The van der Waals surface area contributed by atoms with Crippen molar-refractivity contribution >= 4 is 48.8 Å². The number of sulfonamides is 1. The summed E-state index contributed by atoms with van der Waals surface area (Å²) in [6.07, 6.45) is 0. The highest BCUT2D eigenvalue weighted by atomic mass is 32.2. The second-order valence-electron chi connectivity index (χ2n) is 6.81. The van der Waals surface area contributed by atoms with Crippen LogP contribution in [-0.4, -0.2) is 36.7 Å². The first-order valence-corrected chi connectivity index (χ1v) is 12.5. The zero-order valence-corrected chi connectivity index (χ0v) is 19.6. The van der Waals surface area contributed by atoms with Gasteiger partial charge in [0.1, 0.15) is 9.04 Å². The number of thiophene rings is 2. The van der Waals surface area contributed by atoms with E-state index in [0.717, 1.165) is 31.9 Å². The van der Waals surface area contributed by atoms with Gasteiger partial charge in [0.15, 0.2) is 0 Å². The number of carbonyl (C=O) groups excluding carboxylic acids is 1. The Morgan fingerprint density at radius 3 is 2.48 bits per heavy atom. The first-order chi connectivity index (χ1) is 13.7. The van der Waals surface area contributed by atoms with Crippen molar-refractivity contribution in [3.8, 4) is 0 Å². The fourth-order valence-electron chi connectivity index (χ4n) is 3.37. The van der Waals surface area contributed by atoms with Gasteiger partial charge in [-0.05, 0) is 50.1 Å². The van der Waals surface area contributed by atoms with Crippen molar-refractivity contribution in [2.75, 3.05) is 13.1 Å². The number of nitrogens with one attached hydrogen (secondary N) is 1. The topological polar surface area (TPSA) is 79.4 Å². The van der Waals surface area contributed by atoms with Gasteiger partial charge < -0.3 is 5.32 Å². The van der Waals surface area contributed by atoms with Crippen molar-refractivity contribution < 1.29 is 13.2 Å². The third kappa shape index (κ3) is 4.23. The Morgan fingerprint density at radius 2 is 1.83 bits per heavy atom. The van der Waals surface area contributed by atoms with Gasteiger partial charge in [-0.1, -0.05) is 13.8 Å². The lowest BCUT2D eigenvalue weighted by Gasteiger charge is -2.16. The molecule has 0 unspecified atom stereocenters. The Balaban J connectivity index is 1.77. The molecule has 3 aromatic heterocycles. The molecule has 0 aliphatic rings. The van der Waals surface area contributed by atoms with E-state index < -0.39 is 10.0 Å². The van der Waals surface area contributed by atoms with Gasteiger partial charge in [0.2, 0.25) is 0 Å². The van der Waals surface area contributed by atoms with Crippen LogP contribution in [0.15, 0.2) is 22.4 Å². The highest BCUT2D eigenvalue weighted by molar-refractivity contribution is 7.91. The van der Waals surface area contributed by atoms with Gasteiger partial charge in [-0.3, -0.25) is 4.79 Å². The van der Waals surface area contributed by atoms with Gasteiger partial charge in [0.05, 0.1) is 11.4 Å². The van der Waals surface area contributed by atoms with Crippen molar-refractivity contribution in [1.82, 2.24) is 14.6 Å². The zero-order valence-electron chi connectivity index (χ0n) is 17.2. The molecule has 0 spiro atoms. The van der Waals surface area contributed by atoms with Gasteiger partial charge in [0, 0.05) is 29.0 Å². The second kappa shape index (κ2) is 8.51. The average molecular weight is 452 g/mol. The summed E-state index contributed by atoms with van der Waals surface area (Å²) in [4.78, 5) is 19.6. The maximum Gasteiger partial charge on any atom is 0.262 e. The van der Waals surface area contributed by atoms with Crippen molar-refractivity contribution in [2.24, 2.45) is 0 Å². The maximum absolute atomic E-state index is 12.8. The minimum Gasteiger partial charge on any atom is -0.346 e. The lowest BCUT2D eigenvalue weighted by Crippen LogP contribution is -2.29. The van der Waals surface area contributed by atoms with E-state index in [9.17, 15) is 13.2 Å². The van der Waals surface area contributed by atoms with Gasteiger partial charge in [-0.2, -0.15) is 4.31 Å². The number of aromatic nitrogens is 1. The normalized spacial score (nSPS) is 12.1. The molecule has 0 aliphatic heterocycles. The largest absolute Gasteiger partial charge is 0.346 e. The van der Waals surface area contributed by atoms with Crippen LogP contribution >= 0.6 is 22.7 Å². The number of nitrogens with zero attached hydrogens (tertiary/aromatic N) is 2. The molecule has 0 saturated heterocycles. The summed E-state index contributed by atoms with van der Waals surface area (Å²) in [5.74, 6) is -0.163. The van der Waals surface area contributed by atoms with Gasteiger partial charge >= 0.3 is 0 Å². The Kier molecular flexibility index (Phi) is 6.42. The summed E-state index contributed by atoms with van der Waals surface area (Å²) in [5.41, 5.74) is 2.98. The SMILES string of the molecule is CCN(CC)S(=O)(=O)c1ccc(CNC(=O)c2sc3nc(C)cc(C)c3c2C)s1. The Morgan fingerprint density at radius 1 is 1.14 bits per heavy atom. The molecule has 0 saturated carbocycles. The molecule has 0 aliphatic carbocycles. The number of hydrogen-bond acceptors (Lipinski definition) is 6.